The zero-order valence-electron chi connectivity index (χ0n) is 11.9. The Morgan fingerprint density at radius 2 is 1.65 bits per heavy atom. The number of aryl methyl sites for hydroxylation is 1. The lowest BCUT2D eigenvalue weighted by molar-refractivity contribution is -0.116. The molecule has 0 atom stereocenters. The molecule has 0 bridgehead atoms. The molecule has 0 heterocycles. The molecule has 0 aromatic heterocycles. The largest absolute Gasteiger partial charge is 0.354 e. The van der Waals surface area contributed by atoms with Crippen LogP contribution < -0.4 is 10.6 Å². The highest BCUT2D eigenvalue weighted by Gasteiger charge is 2.05. The highest BCUT2D eigenvalue weighted by molar-refractivity contribution is 5.94. The average molecular weight is 268 g/mol. The number of hydrogen-bond donors (Lipinski definition) is 2. The molecule has 0 aliphatic carbocycles. The van der Waals surface area contributed by atoms with E-state index in [-0.39, 0.29) is 5.91 Å². The van der Waals surface area contributed by atoms with Gasteiger partial charge in [0, 0.05) is 12.1 Å². The van der Waals surface area contributed by atoms with Gasteiger partial charge in [-0.15, -0.1) is 0 Å². The summed E-state index contributed by atoms with van der Waals surface area (Å²) in [7, 11) is 0. The first-order valence-electron chi connectivity index (χ1n) is 6.91. The molecule has 2 N–H and O–H groups in total. The van der Waals surface area contributed by atoms with Gasteiger partial charge in [0.05, 0.1) is 11.4 Å². The molecule has 2 rings (SSSR count). The Morgan fingerprint density at radius 3 is 2.30 bits per heavy atom. The van der Waals surface area contributed by atoms with Crippen LogP contribution in [0.2, 0.25) is 0 Å². The van der Waals surface area contributed by atoms with Crippen LogP contribution in [0.1, 0.15) is 25.3 Å². The van der Waals surface area contributed by atoms with E-state index in [4.69, 9.17) is 0 Å². The first-order chi connectivity index (χ1) is 9.69. The number of carbonyl (C=O) groups is 1. The van der Waals surface area contributed by atoms with E-state index in [1.54, 1.807) is 0 Å². The second-order valence-corrected chi connectivity index (χ2v) is 4.83. The molecule has 0 radical (unpaired) electrons. The van der Waals surface area contributed by atoms with Gasteiger partial charge in [0.15, 0.2) is 0 Å². The first kappa shape index (κ1) is 14.1. The minimum absolute atomic E-state index is 0.0469. The molecule has 0 fully saturated rings. The maximum absolute atomic E-state index is 11.7. The van der Waals surface area contributed by atoms with E-state index in [1.807, 2.05) is 43.3 Å². The Labute approximate surface area is 120 Å². The van der Waals surface area contributed by atoms with E-state index in [1.165, 1.54) is 5.56 Å². The van der Waals surface area contributed by atoms with Crippen LogP contribution in [0.25, 0.3) is 0 Å². The summed E-state index contributed by atoms with van der Waals surface area (Å²) in [5.41, 5.74) is 3.94. The van der Waals surface area contributed by atoms with Gasteiger partial charge in [0.25, 0.3) is 0 Å². The van der Waals surface area contributed by atoms with Crippen LogP contribution >= 0.6 is 0 Å². The Balaban J connectivity index is 2.15. The van der Waals surface area contributed by atoms with Crippen LogP contribution in [-0.4, -0.2) is 5.91 Å². The molecule has 104 valence electrons. The van der Waals surface area contributed by atoms with Crippen molar-refractivity contribution in [3.63, 3.8) is 0 Å². The molecule has 0 aliphatic rings. The summed E-state index contributed by atoms with van der Waals surface area (Å²) in [4.78, 5) is 11.7. The van der Waals surface area contributed by atoms with Gasteiger partial charge in [-0.3, -0.25) is 4.79 Å². The lowest BCUT2D eigenvalue weighted by Crippen LogP contribution is -2.11. The van der Waals surface area contributed by atoms with Gasteiger partial charge in [-0.1, -0.05) is 36.8 Å². The normalized spacial score (nSPS) is 10.1. The number of rotatable bonds is 5. The predicted molar refractivity (Wildman–Crippen MR) is 84.4 cm³/mol. The predicted octanol–water partition coefficient (Wildman–Crippen LogP) is 4.48. The van der Waals surface area contributed by atoms with Gasteiger partial charge in [-0.2, -0.15) is 0 Å². The standard InChI is InChI=1S/C17H20N2O/c1-3-6-17(20)19-16-8-5-4-7-15(16)18-14-11-9-13(2)10-12-14/h4-5,7-12,18H,3,6H2,1-2H3,(H,19,20). The fourth-order valence-corrected chi connectivity index (χ4v) is 1.93. The first-order valence-corrected chi connectivity index (χ1v) is 6.91. The van der Waals surface area contributed by atoms with Crippen molar-refractivity contribution in [3.05, 3.63) is 54.1 Å². The van der Waals surface area contributed by atoms with Crippen molar-refractivity contribution in [1.82, 2.24) is 0 Å². The van der Waals surface area contributed by atoms with Crippen molar-refractivity contribution in [1.29, 1.82) is 0 Å². The quantitative estimate of drug-likeness (QED) is 0.839. The van der Waals surface area contributed by atoms with E-state index >= 15 is 0 Å². The van der Waals surface area contributed by atoms with Crippen LogP contribution in [0.5, 0.6) is 0 Å². The lowest BCUT2D eigenvalue weighted by Gasteiger charge is -2.13. The van der Waals surface area contributed by atoms with Crippen molar-refractivity contribution >= 4 is 23.0 Å². The Kier molecular flexibility index (Phi) is 4.77. The molecule has 0 unspecified atom stereocenters. The maximum atomic E-state index is 11.7. The average Bonchev–Trinajstić information content (AvgIpc) is 2.44. The third-order valence-electron chi connectivity index (χ3n) is 3.01. The van der Waals surface area contributed by atoms with E-state index in [0.29, 0.717) is 6.42 Å². The summed E-state index contributed by atoms with van der Waals surface area (Å²) in [5, 5.41) is 6.27. The van der Waals surface area contributed by atoms with Crippen LogP contribution in [0.4, 0.5) is 17.1 Å². The number of amides is 1. The summed E-state index contributed by atoms with van der Waals surface area (Å²) in [6.45, 7) is 4.05. The highest BCUT2D eigenvalue weighted by Crippen LogP contribution is 2.25. The highest BCUT2D eigenvalue weighted by atomic mass is 16.1. The fourth-order valence-electron chi connectivity index (χ4n) is 1.93. The number of para-hydroxylation sites is 2. The van der Waals surface area contributed by atoms with E-state index < -0.39 is 0 Å². The van der Waals surface area contributed by atoms with Crippen LogP contribution in [-0.2, 0) is 4.79 Å². The minimum Gasteiger partial charge on any atom is -0.354 e. The number of nitrogens with one attached hydrogen (secondary N) is 2. The summed E-state index contributed by atoms with van der Waals surface area (Å²) >= 11 is 0. The number of carbonyl (C=O) groups excluding carboxylic acids is 1. The van der Waals surface area contributed by atoms with Gasteiger partial charge in [0.2, 0.25) is 5.91 Å². The van der Waals surface area contributed by atoms with Gasteiger partial charge in [-0.05, 0) is 37.6 Å². The summed E-state index contributed by atoms with van der Waals surface area (Å²) in [5.74, 6) is 0.0469. The van der Waals surface area contributed by atoms with Gasteiger partial charge in [-0.25, -0.2) is 0 Å². The SMILES string of the molecule is CCCC(=O)Nc1ccccc1Nc1ccc(C)cc1. The molecule has 3 nitrogen and oxygen atoms in total. The van der Waals surface area contributed by atoms with Crippen molar-refractivity contribution in [2.24, 2.45) is 0 Å². The van der Waals surface area contributed by atoms with E-state index in [2.05, 4.69) is 29.7 Å². The zero-order valence-corrected chi connectivity index (χ0v) is 11.9. The van der Waals surface area contributed by atoms with Crippen LogP contribution in [0.15, 0.2) is 48.5 Å². The van der Waals surface area contributed by atoms with Crippen molar-refractivity contribution in [2.45, 2.75) is 26.7 Å². The third-order valence-corrected chi connectivity index (χ3v) is 3.01. The summed E-state index contributed by atoms with van der Waals surface area (Å²) in [6.07, 6.45) is 1.39. The second kappa shape index (κ2) is 6.75. The number of anilines is 3. The monoisotopic (exact) mass is 268 g/mol. The molecule has 1 amide bonds. The minimum atomic E-state index is 0.0469. The summed E-state index contributed by atoms with van der Waals surface area (Å²) in [6, 6.07) is 15.9. The lowest BCUT2D eigenvalue weighted by atomic mass is 10.2. The van der Waals surface area contributed by atoms with Gasteiger partial charge >= 0.3 is 0 Å². The second-order valence-electron chi connectivity index (χ2n) is 4.83. The Hall–Kier alpha value is -2.29. The van der Waals surface area contributed by atoms with E-state index in [0.717, 1.165) is 23.5 Å². The van der Waals surface area contributed by atoms with Gasteiger partial charge < -0.3 is 10.6 Å². The zero-order chi connectivity index (χ0) is 14.4. The van der Waals surface area contributed by atoms with E-state index in [9.17, 15) is 4.79 Å². The molecular formula is C17H20N2O. The third kappa shape index (κ3) is 3.85. The smallest absolute Gasteiger partial charge is 0.224 e. The fraction of sp³-hybridized carbons (Fsp3) is 0.235. The molecular weight excluding hydrogens is 248 g/mol. The number of hydrogen-bond acceptors (Lipinski definition) is 2. The molecule has 0 saturated heterocycles. The van der Waals surface area contributed by atoms with Crippen LogP contribution in [0.3, 0.4) is 0 Å². The van der Waals surface area contributed by atoms with Gasteiger partial charge in [0.1, 0.15) is 0 Å². The molecule has 0 spiro atoms. The maximum Gasteiger partial charge on any atom is 0.224 e. The molecule has 2 aromatic carbocycles. The van der Waals surface area contributed by atoms with Crippen molar-refractivity contribution < 1.29 is 4.79 Å². The van der Waals surface area contributed by atoms with Crippen molar-refractivity contribution in [2.75, 3.05) is 10.6 Å². The van der Waals surface area contributed by atoms with Crippen LogP contribution in [0, 0.1) is 6.92 Å². The Morgan fingerprint density at radius 1 is 1.00 bits per heavy atom. The van der Waals surface area contributed by atoms with Crippen molar-refractivity contribution in [3.8, 4) is 0 Å². The topological polar surface area (TPSA) is 41.1 Å². The molecule has 0 aliphatic heterocycles. The molecule has 20 heavy (non-hydrogen) atoms. The molecule has 2 aromatic rings. The Bertz CT molecular complexity index is 576. The number of benzene rings is 2. The summed E-state index contributed by atoms with van der Waals surface area (Å²) < 4.78 is 0. The molecule has 3 heteroatoms. The molecule has 0 saturated carbocycles.